The summed E-state index contributed by atoms with van der Waals surface area (Å²) in [5.41, 5.74) is 1.66. The molecule has 1 aromatic carbocycles. The van der Waals surface area contributed by atoms with Crippen LogP contribution in [0.4, 0.5) is 5.82 Å². The first kappa shape index (κ1) is 16.8. The van der Waals surface area contributed by atoms with Crippen molar-refractivity contribution >= 4 is 27.4 Å². The van der Waals surface area contributed by atoms with E-state index in [1.54, 1.807) is 10.6 Å². The molecule has 134 valence electrons. The molecule has 0 radical (unpaired) electrons. The zero-order chi connectivity index (χ0) is 17.4. The lowest BCUT2D eigenvalue weighted by atomic mass is 10.1. The Balaban J connectivity index is 1.58. The van der Waals surface area contributed by atoms with Crippen LogP contribution in [0.15, 0.2) is 30.3 Å². The van der Waals surface area contributed by atoms with E-state index in [4.69, 9.17) is 21.1 Å². The summed E-state index contributed by atoms with van der Waals surface area (Å²) in [6.45, 7) is 1.82. The van der Waals surface area contributed by atoms with E-state index in [-0.39, 0.29) is 11.9 Å². The monoisotopic (exact) mass is 382 g/mol. The standard InChI is InChI=1S/C17H19ClN2O4S/c18-16-11-15(17-19-25(21,22)10-7-20(16)17)12-1-3-13(4-2-12)24-14-5-8-23-9-6-14/h1-4,11,14,19H,5-10H2. The number of nitrogens with zero attached hydrogens (tertiary/aromatic N) is 1. The molecule has 1 aromatic heterocycles. The number of halogens is 1. The van der Waals surface area contributed by atoms with Crippen LogP contribution in [-0.2, 0) is 21.3 Å². The molecule has 4 rings (SSSR count). The fraction of sp³-hybridized carbons (Fsp3) is 0.412. The number of rotatable bonds is 3. The van der Waals surface area contributed by atoms with Crippen molar-refractivity contribution in [3.05, 3.63) is 35.5 Å². The Hall–Kier alpha value is -1.70. The number of fused-ring (bicyclic) bond motifs is 1. The van der Waals surface area contributed by atoms with Crippen LogP contribution in [0.5, 0.6) is 5.75 Å². The molecule has 2 aromatic rings. The lowest BCUT2D eigenvalue weighted by Gasteiger charge is -2.23. The fourth-order valence-corrected chi connectivity index (χ4v) is 4.49. The zero-order valence-electron chi connectivity index (χ0n) is 13.6. The first-order valence-corrected chi connectivity index (χ1v) is 10.3. The molecule has 0 amide bonds. The van der Waals surface area contributed by atoms with Gasteiger partial charge in [-0.05, 0) is 23.8 Å². The number of anilines is 1. The molecular formula is C17H19ClN2O4S. The Kier molecular flexibility index (Phi) is 4.39. The van der Waals surface area contributed by atoms with Crippen molar-refractivity contribution in [1.82, 2.24) is 4.57 Å². The minimum atomic E-state index is -3.31. The van der Waals surface area contributed by atoms with Gasteiger partial charge in [-0.2, -0.15) is 0 Å². The minimum absolute atomic E-state index is 0.0335. The normalized spacial score (nSPS) is 19.9. The molecule has 3 heterocycles. The second-order valence-corrected chi connectivity index (χ2v) is 8.48. The molecule has 8 heteroatoms. The molecule has 1 N–H and O–H groups in total. The third-order valence-electron chi connectivity index (χ3n) is 4.52. The molecule has 2 aliphatic heterocycles. The molecular weight excluding hydrogens is 364 g/mol. The number of benzene rings is 1. The van der Waals surface area contributed by atoms with Crippen LogP contribution >= 0.6 is 11.6 Å². The van der Waals surface area contributed by atoms with Gasteiger partial charge in [0.2, 0.25) is 10.0 Å². The van der Waals surface area contributed by atoms with Crippen LogP contribution in [0.3, 0.4) is 0 Å². The Morgan fingerprint density at radius 2 is 1.92 bits per heavy atom. The van der Waals surface area contributed by atoms with E-state index in [1.165, 1.54) is 0 Å². The van der Waals surface area contributed by atoms with Crippen LogP contribution in [-0.4, -0.2) is 38.1 Å². The van der Waals surface area contributed by atoms with Gasteiger partial charge in [0.05, 0.1) is 19.0 Å². The zero-order valence-corrected chi connectivity index (χ0v) is 15.1. The summed E-state index contributed by atoms with van der Waals surface area (Å²) in [4.78, 5) is 0. The predicted octanol–water partition coefficient (Wildman–Crippen LogP) is 3.12. The van der Waals surface area contributed by atoms with E-state index in [0.29, 0.717) is 17.5 Å². The van der Waals surface area contributed by atoms with Gasteiger partial charge in [0.1, 0.15) is 22.8 Å². The van der Waals surface area contributed by atoms with E-state index in [0.717, 1.165) is 42.9 Å². The SMILES string of the molecule is O=S1(=O)CCn2c(Cl)cc(-c3ccc(OC4CCOCC4)cc3)c2N1. The molecule has 0 bridgehead atoms. The highest BCUT2D eigenvalue weighted by Crippen LogP contribution is 2.37. The summed E-state index contributed by atoms with van der Waals surface area (Å²) >= 11 is 6.26. The largest absolute Gasteiger partial charge is 0.490 e. The average Bonchev–Trinajstić information content (AvgIpc) is 2.91. The quantitative estimate of drug-likeness (QED) is 0.885. The van der Waals surface area contributed by atoms with Crippen molar-refractivity contribution < 1.29 is 17.9 Å². The van der Waals surface area contributed by atoms with Crippen molar-refractivity contribution in [2.75, 3.05) is 23.7 Å². The molecule has 6 nitrogen and oxygen atoms in total. The van der Waals surface area contributed by atoms with E-state index >= 15 is 0 Å². The molecule has 2 aliphatic rings. The van der Waals surface area contributed by atoms with Gasteiger partial charge >= 0.3 is 0 Å². The Labute approximate surface area is 151 Å². The molecule has 1 saturated heterocycles. The van der Waals surface area contributed by atoms with Crippen LogP contribution in [0, 0.1) is 0 Å². The minimum Gasteiger partial charge on any atom is -0.490 e. The van der Waals surface area contributed by atoms with Gasteiger partial charge < -0.3 is 14.0 Å². The summed E-state index contributed by atoms with van der Waals surface area (Å²) < 4.78 is 39.5. The summed E-state index contributed by atoms with van der Waals surface area (Å²) in [6, 6.07) is 9.44. The maximum Gasteiger partial charge on any atom is 0.235 e. The van der Waals surface area contributed by atoms with Crippen LogP contribution < -0.4 is 9.46 Å². The van der Waals surface area contributed by atoms with Gasteiger partial charge in [-0.25, -0.2) is 8.42 Å². The summed E-state index contributed by atoms with van der Waals surface area (Å²) in [7, 11) is -3.31. The Morgan fingerprint density at radius 3 is 2.64 bits per heavy atom. The van der Waals surface area contributed by atoms with E-state index in [2.05, 4.69) is 4.72 Å². The van der Waals surface area contributed by atoms with Crippen LogP contribution in [0.25, 0.3) is 11.1 Å². The topological polar surface area (TPSA) is 69.6 Å². The first-order valence-electron chi connectivity index (χ1n) is 8.26. The number of hydrogen-bond donors (Lipinski definition) is 1. The Bertz CT molecular complexity index is 871. The van der Waals surface area contributed by atoms with Gasteiger partial charge in [-0.15, -0.1) is 0 Å². The predicted molar refractivity (Wildman–Crippen MR) is 96.8 cm³/mol. The van der Waals surface area contributed by atoms with Gasteiger partial charge in [0, 0.05) is 24.9 Å². The van der Waals surface area contributed by atoms with Crippen molar-refractivity contribution in [3.63, 3.8) is 0 Å². The summed E-state index contributed by atoms with van der Waals surface area (Å²) in [5, 5.41) is 0.523. The molecule has 25 heavy (non-hydrogen) atoms. The smallest absolute Gasteiger partial charge is 0.235 e. The second-order valence-electron chi connectivity index (χ2n) is 6.26. The fourth-order valence-electron chi connectivity index (χ4n) is 3.18. The van der Waals surface area contributed by atoms with Gasteiger partial charge in [0.25, 0.3) is 0 Å². The van der Waals surface area contributed by atoms with Crippen molar-refractivity contribution in [1.29, 1.82) is 0 Å². The third-order valence-corrected chi connectivity index (χ3v) is 6.06. The second kappa shape index (κ2) is 6.55. The summed E-state index contributed by atoms with van der Waals surface area (Å²) in [6.07, 6.45) is 1.97. The maximum absolute atomic E-state index is 11.9. The Morgan fingerprint density at radius 1 is 1.20 bits per heavy atom. The number of ether oxygens (including phenoxy) is 2. The van der Waals surface area contributed by atoms with Crippen LogP contribution in [0.1, 0.15) is 12.8 Å². The van der Waals surface area contributed by atoms with E-state index in [1.807, 2.05) is 24.3 Å². The maximum atomic E-state index is 11.9. The molecule has 1 fully saturated rings. The van der Waals surface area contributed by atoms with Crippen LogP contribution in [0.2, 0.25) is 5.15 Å². The molecule has 0 unspecified atom stereocenters. The highest BCUT2D eigenvalue weighted by atomic mass is 35.5. The molecule has 0 atom stereocenters. The van der Waals surface area contributed by atoms with Gasteiger partial charge in [-0.1, -0.05) is 23.7 Å². The van der Waals surface area contributed by atoms with Crippen molar-refractivity contribution in [2.24, 2.45) is 0 Å². The highest BCUT2D eigenvalue weighted by Gasteiger charge is 2.25. The number of sulfonamides is 1. The lowest BCUT2D eigenvalue weighted by Crippen LogP contribution is -2.27. The van der Waals surface area contributed by atoms with Gasteiger partial charge in [-0.3, -0.25) is 4.72 Å². The molecule has 0 saturated carbocycles. The number of aromatic nitrogens is 1. The first-order chi connectivity index (χ1) is 12.0. The van der Waals surface area contributed by atoms with Crippen molar-refractivity contribution in [2.45, 2.75) is 25.5 Å². The molecule has 0 aliphatic carbocycles. The number of nitrogens with one attached hydrogen (secondary N) is 1. The van der Waals surface area contributed by atoms with Crippen molar-refractivity contribution in [3.8, 4) is 16.9 Å². The number of hydrogen-bond acceptors (Lipinski definition) is 4. The van der Waals surface area contributed by atoms with Gasteiger partial charge in [0.15, 0.2) is 0 Å². The lowest BCUT2D eigenvalue weighted by molar-refractivity contribution is 0.0256. The highest BCUT2D eigenvalue weighted by molar-refractivity contribution is 7.92. The molecule has 0 spiro atoms. The summed E-state index contributed by atoms with van der Waals surface area (Å²) in [5.74, 6) is 1.36. The average molecular weight is 383 g/mol. The van der Waals surface area contributed by atoms with E-state index in [9.17, 15) is 8.42 Å². The van der Waals surface area contributed by atoms with E-state index < -0.39 is 10.0 Å². The third kappa shape index (κ3) is 3.49.